The van der Waals surface area contributed by atoms with Crippen LogP contribution in [-0.4, -0.2) is 16.3 Å². The van der Waals surface area contributed by atoms with Crippen molar-refractivity contribution in [3.8, 4) is 11.3 Å². The molecule has 0 amide bonds. The maximum atomic E-state index is 9.49. The molecule has 2 aromatic carbocycles. The van der Waals surface area contributed by atoms with Crippen molar-refractivity contribution in [2.45, 2.75) is 33.2 Å². The van der Waals surface area contributed by atoms with Gasteiger partial charge in [0.05, 0.1) is 18.0 Å². The van der Waals surface area contributed by atoms with Gasteiger partial charge in [0.1, 0.15) is 0 Å². The molecule has 0 unspecified atom stereocenters. The molecule has 3 rings (SSSR count). The van der Waals surface area contributed by atoms with E-state index in [1.165, 1.54) is 11.1 Å². The Kier molecular flexibility index (Phi) is 7.82. The van der Waals surface area contributed by atoms with Crippen LogP contribution in [0, 0.1) is 0 Å². The molecule has 3 nitrogen and oxygen atoms in total. The van der Waals surface area contributed by atoms with E-state index in [9.17, 15) is 5.11 Å². The van der Waals surface area contributed by atoms with Gasteiger partial charge in [-0.2, -0.15) is 0 Å². The summed E-state index contributed by atoms with van der Waals surface area (Å²) in [6, 6.07) is 17.0. The van der Waals surface area contributed by atoms with E-state index in [1.807, 2.05) is 0 Å². The van der Waals surface area contributed by atoms with Gasteiger partial charge in [0.15, 0.2) is 4.80 Å². The molecule has 26 heavy (non-hydrogen) atoms. The van der Waals surface area contributed by atoms with Crippen LogP contribution in [0.5, 0.6) is 0 Å². The number of hydrogen-bond donors (Lipinski definition) is 1. The highest BCUT2D eigenvalue weighted by molar-refractivity contribution is 8.93. The molecule has 1 N–H and O–H groups in total. The van der Waals surface area contributed by atoms with Crippen LogP contribution in [0.3, 0.4) is 0 Å². The van der Waals surface area contributed by atoms with Crippen LogP contribution in [0.15, 0.2) is 58.9 Å². The van der Waals surface area contributed by atoms with Gasteiger partial charge in [-0.1, -0.05) is 50.2 Å². The largest absolute Gasteiger partial charge is 0.395 e. The Morgan fingerprint density at radius 2 is 1.50 bits per heavy atom. The molecule has 0 bridgehead atoms. The zero-order chi connectivity index (χ0) is 17.6. The highest BCUT2D eigenvalue weighted by Crippen LogP contribution is 2.22. The van der Waals surface area contributed by atoms with Crippen molar-refractivity contribution < 1.29 is 5.11 Å². The Labute approximate surface area is 169 Å². The maximum absolute atomic E-state index is 9.49. The lowest BCUT2D eigenvalue weighted by molar-refractivity contribution is 0.275. The monoisotopic (exact) mass is 432 g/mol. The summed E-state index contributed by atoms with van der Waals surface area (Å²) in [7, 11) is 0. The van der Waals surface area contributed by atoms with Crippen LogP contribution in [0.1, 0.15) is 25.0 Å². The van der Waals surface area contributed by atoms with Gasteiger partial charge in [-0.25, -0.2) is 4.99 Å². The van der Waals surface area contributed by atoms with Gasteiger partial charge < -0.3 is 9.67 Å². The molecule has 0 aliphatic carbocycles. The quantitative estimate of drug-likeness (QED) is 0.574. The van der Waals surface area contributed by atoms with Gasteiger partial charge in [-0.05, 0) is 41.7 Å². The molecule has 0 radical (unpaired) electrons. The molecule has 0 atom stereocenters. The highest BCUT2D eigenvalue weighted by Gasteiger charge is 2.08. The standard InChI is InChI=1S/C21H24N2OS.BrH/c1-3-16-5-9-18(10-6-16)20-15-25-21(23(20)13-14-24)22-19-11-7-17(4-2)8-12-19;/h5-12,15,24H,3-4,13-14H2,1-2H3;1H. The van der Waals surface area contributed by atoms with E-state index in [4.69, 9.17) is 4.99 Å². The lowest BCUT2D eigenvalue weighted by Crippen LogP contribution is -2.17. The molecule has 0 spiro atoms. The van der Waals surface area contributed by atoms with E-state index >= 15 is 0 Å². The molecule has 0 saturated heterocycles. The Hall–Kier alpha value is -1.69. The maximum Gasteiger partial charge on any atom is 0.190 e. The van der Waals surface area contributed by atoms with Crippen molar-refractivity contribution in [1.29, 1.82) is 0 Å². The zero-order valence-corrected chi connectivity index (χ0v) is 17.7. The fourth-order valence-corrected chi connectivity index (χ4v) is 3.75. The van der Waals surface area contributed by atoms with Crippen LogP contribution in [0.4, 0.5) is 5.69 Å². The number of aryl methyl sites for hydroxylation is 2. The van der Waals surface area contributed by atoms with Gasteiger partial charge in [-0.15, -0.1) is 28.3 Å². The summed E-state index contributed by atoms with van der Waals surface area (Å²) >= 11 is 1.61. The minimum absolute atomic E-state index is 0. The Morgan fingerprint density at radius 1 is 0.923 bits per heavy atom. The molecule has 0 aliphatic heterocycles. The first-order valence-corrected chi connectivity index (χ1v) is 9.65. The first-order valence-electron chi connectivity index (χ1n) is 8.77. The van der Waals surface area contributed by atoms with Gasteiger partial charge in [-0.3, -0.25) is 0 Å². The SMILES string of the molecule is Br.CCc1ccc(N=c2scc(-c3ccc(CC)cc3)n2CCO)cc1. The third-order valence-electron chi connectivity index (χ3n) is 4.35. The predicted molar refractivity (Wildman–Crippen MR) is 116 cm³/mol. The second kappa shape index (κ2) is 9.86. The summed E-state index contributed by atoms with van der Waals surface area (Å²) in [6.45, 7) is 4.95. The zero-order valence-electron chi connectivity index (χ0n) is 15.2. The molecular formula is C21H25BrN2OS. The van der Waals surface area contributed by atoms with Crippen molar-refractivity contribution in [2.24, 2.45) is 4.99 Å². The van der Waals surface area contributed by atoms with Crippen molar-refractivity contribution in [3.05, 3.63) is 69.8 Å². The second-order valence-electron chi connectivity index (χ2n) is 5.96. The number of aliphatic hydroxyl groups is 1. The minimum Gasteiger partial charge on any atom is -0.395 e. The number of rotatable bonds is 6. The van der Waals surface area contributed by atoms with Gasteiger partial charge in [0, 0.05) is 11.9 Å². The summed E-state index contributed by atoms with van der Waals surface area (Å²) in [4.78, 5) is 5.70. The van der Waals surface area contributed by atoms with E-state index in [0.717, 1.165) is 34.6 Å². The Balaban J connectivity index is 0.00000243. The smallest absolute Gasteiger partial charge is 0.190 e. The summed E-state index contributed by atoms with van der Waals surface area (Å²) in [5, 5.41) is 11.6. The molecule has 138 valence electrons. The topological polar surface area (TPSA) is 37.5 Å². The molecule has 3 aromatic rings. The fraction of sp³-hybridized carbons (Fsp3) is 0.286. The number of aromatic nitrogens is 1. The first kappa shape index (κ1) is 20.6. The normalized spacial score (nSPS) is 11.4. The number of hydrogen-bond acceptors (Lipinski definition) is 3. The molecule has 1 aromatic heterocycles. The fourth-order valence-electron chi connectivity index (χ4n) is 2.79. The van der Waals surface area contributed by atoms with Gasteiger partial charge in [0.25, 0.3) is 0 Å². The van der Waals surface area contributed by atoms with E-state index in [-0.39, 0.29) is 23.6 Å². The van der Waals surface area contributed by atoms with Gasteiger partial charge in [0.2, 0.25) is 0 Å². The van der Waals surface area contributed by atoms with E-state index < -0.39 is 0 Å². The molecule has 0 fully saturated rings. The number of thiazole rings is 1. The number of aliphatic hydroxyl groups excluding tert-OH is 1. The summed E-state index contributed by atoms with van der Waals surface area (Å²) in [5.41, 5.74) is 5.84. The number of benzene rings is 2. The van der Waals surface area contributed by atoms with Crippen LogP contribution in [-0.2, 0) is 19.4 Å². The average Bonchev–Trinajstić information content (AvgIpc) is 3.05. The van der Waals surface area contributed by atoms with Crippen molar-refractivity contribution in [1.82, 2.24) is 4.57 Å². The Bertz CT molecular complexity index is 880. The number of nitrogens with zero attached hydrogens (tertiary/aromatic N) is 2. The van der Waals surface area contributed by atoms with Crippen LogP contribution in [0.25, 0.3) is 11.3 Å². The second-order valence-corrected chi connectivity index (χ2v) is 6.80. The van der Waals surface area contributed by atoms with Crippen molar-refractivity contribution in [2.75, 3.05) is 6.61 Å². The van der Waals surface area contributed by atoms with Crippen LogP contribution >= 0.6 is 28.3 Å². The third kappa shape index (κ3) is 4.72. The molecule has 0 aliphatic rings. The highest BCUT2D eigenvalue weighted by atomic mass is 79.9. The molecule has 1 heterocycles. The minimum atomic E-state index is 0. The van der Waals surface area contributed by atoms with Gasteiger partial charge >= 0.3 is 0 Å². The van der Waals surface area contributed by atoms with Crippen molar-refractivity contribution >= 4 is 34.0 Å². The molecule has 5 heteroatoms. The van der Waals surface area contributed by atoms with E-state index in [0.29, 0.717) is 6.54 Å². The molecule has 0 saturated carbocycles. The summed E-state index contributed by atoms with van der Waals surface area (Å²) in [5.74, 6) is 0. The lowest BCUT2D eigenvalue weighted by Gasteiger charge is -2.08. The predicted octanol–water partition coefficient (Wildman–Crippen LogP) is 5.14. The summed E-state index contributed by atoms with van der Waals surface area (Å²) in [6.07, 6.45) is 2.07. The average molecular weight is 433 g/mol. The van der Waals surface area contributed by atoms with E-state index in [1.54, 1.807) is 11.3 Å². The molecular weight excluding hydrogens is 408 g/mol. The van der Waals surface area contributed by atoms with E-state index in [2.05, 4.69) is 72.3 Å². The lowest BCUT2D eigenvalue weighted by atomic mass is 10.1. The van der Waals surface area contributed by atoms with Crippen LogP contribution in [0.2, 0.25) is 0 Å². The third-order valence-corrected chi connectivity index (χ3v) is 5.21. The number of halogens is 1. The van der Waals surface area contributed by atoms with Crippen LogP contribution < -0.4 is 4.80 Å². The Morgan fingerprint density at radius 3 is 2.04 bits per heavy atom. The summed E-state index contributed by atoms with van der Waals surface area (Å²) < 4.78 is 2.10. The van der Waals surface area contributed by atoms with Crippen molar-refractivity contribution in [3.63, 3.8) is 0 Å². The first-order chi connectivity index (χ1) is 12.2.